The number of benzene rings is 3. The Bertz CT molecular complexity index is 1420. The Kier molecular flexibility index (Phi) is 7.75. The third kappa shape index (κ3) is 6.22. The Balaban J connectivity index is 1.41. The number of carbonyl (C=O) groups excluding carboxylic acids is 1. The number of amides is 1. The smallest absolute Gasteiger partial charge is 0.259 e. The van der Waals surface area contributed by atoms with Crippen molar-refractivity contribution in [2.45, 2.75) is 46.6 Å². The molecule has 1 aliphatic carbocycles. The summed E-state index contributed by atoms with van der Waals surface area (Å²) in [7, 11) is 0. The van der Waals surface area contributed by atoms with Crippen molar-refractivity contribution in [3.05, 3.63) is 112 Å². The molecular formula is C33H34N2O2S. The minimum atomic E-state index is -0.0880. The third-order valence-corrected chi connectivity index (χ3v) is 8.33. The lowest BCUT2D eigenvalue weighted by atomic mass is 9.72. The number of ether oxygens (including phenoxy) is 1. The predicted octanol–water partition coefficient (Wildman–Crippen LogP) is 8.48. The van der Waals surface area contributed by atoms with E-state index >= 15 is 0 Å². The van der Waals surface area contributed by atoms with Crippen LogP contribution < -0.4 is 10.1 Å². The van der Waals surface area contributed by atoms with Gasteiger partial charge < -0.3 is 10.1 Å². The second-order valence-corrected chi connectivity index (χ2v) is 12.0. The van der Waals surface area contributed by atoms with E-state index in [0.717, 1.165) is 52.4 Å². The number of nitrogens with one attached hydrogen (secondary N) is 1. The molecule has 4 aromatic rings. The first-order valence-electron chi connectivity index (χ1n) is 13.2. The number of fused-ring (bicyclic) bond motifs is 1. The van der Waals surface area contributed by atoms with Crippen molar-refractivity contribution in [3.63, 3.8) is 0 Å². The topological polar surface area (TPSA) is 50.7 Å². The molecule has 194 valence electrons. The Labute approximate surface area is 229 Å². The van der Waals surface area contributed by atoms with E-state index < -0.39 is 0 Å². The van der Waals surface area contributed by atoms with Crippen LogP contribution >= 0.6 is 11.3 Å². The summed E-state index contributed by atoms with van der Waals surface area (Å²) in [5, 5.41) is 3.86. The molecule has 1 atom stereocenters. The summed E-state index contributed by atoms with van der Waals surface area (Å²) in [5.74, 6) is 1.29. The molecule has 1 N–H and O–H groups in total. The zero-order chi connectivity index (χ0) is 26.5. The molecule has 0 aliphatic heterocycles. The Morgan fingerprint density at radius 2 is 1.76 bits per heavy atom. The third-order valence-electron chi connectivity index (χ3n) is 7.17. The van der Waals surface area contributed by atoms with Gasteiger partial charge in [0.2, 0.25) is 0 Å². The Morgan fingerprint density at radius 1 is 1.03 bits per heavy atom. The fourth-order valence-corrected chi connectivity index (χ4v) is 6.18. The average molecular weight is 523 g/mol. The number of thiophene rings is 1. The molecule has 5 rings (SSSR count). The molecule has 0 unspecified atom stereocenters. The number of anilines is 1. The quantitative estimate of drug-likeness (QED) is 0.247. The number of hydrogen-bond donors (Lipinski definition) is 1. The van der Waals surface area contributed by atoms with Gasteiger partial charge in [0.15, 0.2) is 0 Å². The maximum atomic E-state index is 13.5. The minimum Gasteiger partial charge on any atom is -0.489 e. The van der Waals surface area contributed by atoms with Crippen LogP contribution in [0.3, 0.4) is 0 Å². The normalized spacial score (nSPS) is 15.3. The van der Waals surface area contributed by atoms with Crippen molar-refractivity contribution in [1.82, 2.24) is 0 Å². The highest BCUT2D eigenvalue weighted by Crippen LogP contribution is 2.45. The number of para-hydroxylation sites is 1. The van der Waals surface area contributed by atoms with E-state index in [-0.39, 0.29) is 11.3 Å². The van der Waals surface area contributed by atoms with Crippen molar-refractivity contribution >= 4 is 34.1 Å². The lowest BCUT2D eigenvalue weighted by molar-refractivity contribution is 0.102. The number of rotatable bonds is 7. The monoisotopic (exact) mass is 522 g/mol. The van der Waals surface area contributed by atoms with E-state index in [0.29, 0.717) is 18.1 Å². The van der Waals surface area contributed by atoms with Crippen LogP contribution in [0.4, 0.5) is 10.7 Å². The summed E-state index contributed by atoms with van der Waals surface area (Å²) in [6.45, 7) is 7.44. The Morgan fingerprint density at radius 3 is 2.50 bits per heavy atom. The molecule has 1 aliphatic rings. The molecule has 0 saturated carbocycles. The summed E-state index contributed by atoms with van der Waals surface area (Å²) in [6, 6.07) is 27.7. The van der Waals surface area contributed by atoms with E-state index in [1.807, 2.05) is 79.0 Å². The summed E-state index contributed by atoms with van der Waals surface area (Å²) >= 11 is 1.66. The molecule has 5 heteroatoms. The highest BCUT2D eigenvalue weighted by molar-refractivity contribution is 7.16. The van der Waals surface area contributed by atoms with Crippen LogP contribution in [-0.2, 0) is 19.4 Å². The summed E-state index contributed by atoms with van der Waals surface area (Å²) in [5.41, 5.74) is 4.96. The fourth-order valence-electron chi connectivity index (χ4n) is 4.91. The molecule has 38 heavy (non-hydrogen) atoms. The first-order valence-corrected chi connectivity index (χ1v) is 14.0. The van der Waals surface area contributed by atoms with Gasteiger partial charge in [-0.1, -0.05) is 81.4 Å². The predicted molar refractivity (Wildman–Crippen MR) is 158 cm³/mol. The maximum Gasteiger partial charge on any atom is 0.259 e. The molecule has 1 aromatic heterocycles. The molecule has 0 saturated heterocycles. The number of aliphatic imine (C=N–C) groups is 1. The van der Waals surface area contributed by atoms with Crippen molar-refractivity contribution in [1.29, 1.82) is 0 Å². The molecule has 0 bridgehead atoms. The van der Waals surface area contributed by atoms with E-state index in [9.17, 15) is 4.79 Å². The van der Waals surface area contributed by atoms with Gasteiger partial charge in [-0.2, -0.15) is 0 Å². The summed E-state index contributed by atoms with van der Waals surface area (Å²) in [4.78, 5) is 19.7. The van der Waals surface area contributed by atoms with Gasteiger partial charge in [0, 0.05) is 16.8 Å². The first kappa shape index (κ1) is 25.9. The van der Waals surface area contributed by atoms with Crippen LogP contribution in [0.2, 0.25) is 0 Å². The molecule has 1 amide bonds. The zero-order valence-electron chi connectivity index (χ0n) is 22.2. The van der Waals surface area contributed by atoms with Crippen molar-refractivity contribution in [3.8, 4) is 5.75 Å². The van der Waals surface area contributed by atoms with Crippen LogP contribution in [0, 0.1) is 11.3 Å². The van der Waals surface area contributed by atoms with E-state index in [1.165, 1.54) is 4.88 Å². The van der Waals surface area contributed by atoms with Crippen LogP contribution in [-0.4, -0.2) is 12.1 Å². The van der Waals surface area contributed by atoms with Crippen LogP contribution in [0.25, 0.3) is 0 Å². The van der Waals surface area contributed by atoms with Gasteiger partial charge in [-0.25, -0.2) is 4.99 Å². The van der Waals surface area contributed by atoms with Gasteiger partial charge in [-0.15, -0.1) is 11.3 Å². The fraction of sp³-hybridized carbons (Fsp3) is 0.273. The van der Waals surface area contributed by atoms with E-state index in [2.05, 4.69) is 38.2 Å². The van der Waals surface area contributed by atoms with Crippen LogP contribution in [0.15, 0.2) is 89.9 Å². The number of carbonyl (C=O) groups is 1. The largest absolute Gasteiger partial charge is 0.489 e. The standard InChI is InChI=1S/C33H34N2O2S/c1-33(2,3)25-17-18-28-29(20-25)38-32(30(28)31(36)35-26-14-8-5-9-15-26)34-21-24-13-10-16-27(19-24)37-22-23-11-6-4-7-12-23/h4-16,19,21,25H,17-18,20,22H2,1-3H3,(H,35,36)/t25-/m0/s1. The summed E-state index contributed by atoms with van der Waals surface area (Å²) in [6.07, 6.45) is 4.83. The number of nitrogens with zero attached hydrogens (tertiary/aromatic N) is 1. The number of hydrogen-bond acceptors (Lipinski definition) is 4. The molecule has 3 aromatic carbocycles. The highest BCUT2D eigenvalue weighted by Gasteiger charge is 2.33. The second kappa shape index (κ2) is 11.4. The summed E-state index contributed by atoms with van der Waals surface area (Å²) < 4.78 is 6.00. The molecule has 0 spiro atoms. The van der Waals surface area contributed by atoms with Gasteiger partial charge in [-0.05, 0) is 71.6 Å². The van der Waals surface area contributed by atoms with Crippen LogP contribution in [0.1, 0.15) is 59.1 Å². The van der Waals surface area contributed by atoms with Gasteiger partial charge in [0.25, 0.3) is 5.91 Å². The molecule has 0 radical (unpaired) electrons. The van der Waals surface area contributed by atoms with Gasteiger partial charge in [-0.3, -0.25) is 4.79 Å². The van der Waals surface area contributed by atoms with E-state index in [1.54, 1.807) is 11.3 Å². The minimum absolute atomic E-state index is 0.0880. The molecule has 0 fully saturated rings. The van der Waals surface area contributed by atoms with Crippen molar-refractivity contribution in [2.24, 2.45) is 16.3 Å². The SMILES string of the molecule is CC(C)(C)[C@H]1CCc2c(sc(N=Cc3cccc(OCc4ccccc4)c3)c2C(=O)Nc2ccccc2)C1. The van der Waals surface area contributed by atoms with Gasteiger partial charge in [0.1, 0.15) is 17.4 Å². The molecular weight excluding hydrogens is 488 g/mol. The maximum absolute atomic E-state index is 13.5. The van der Waals surface area contributed by atoms with Crippen LogP contribution in [0.5, 0.6) is 5.75 Å². The van der Waals surface area contributed by atoms with Crippen molar-refractivity contribution in [2.75, 3.05) is 5.32 Å². The van der Waals surface area contributed by atoms with Gasteiger partial charge in [0.05, 0.1) is 5.56 Å². The molecule has 1 heterocycles. The Hall–Kier alpha value is -3.70. The zero-order valence-corrected chi connectivity index (χ0v) is 23.1. The van der Waals surface area contributed by atoms with E-state index in [4.69, 9.17) is 9.73 Å². The second-order valence-electron chi connectivity index (χ2n) is 10.9. The van der Waals surface area contributed by atoms with Gasteiger partial charge >= 0.3 is 0 Å². The highest BCUT2D eigenvalue weighted by atomic mass is 32.1. The average Bonchev–Trinajstić information content (AvgIpc) is 3.29. The molecule has 4 nitrogen and oxygen atoms in total. The lowest BCUT2D eigenvalue weighted by Crippen LogP contribution is -2.27. The lowest BCUT2D eigenvalue weighted by Gasteiger charge is -2.33. The van der Waals surface area contributed by atoms with Crippen molar-refractivity contribution < 1.29 is 9.53 Å². The first-order chi connectivity index (χ1) is 18.4.